The molecule has 3 aromatic carbocycles. The number of carbonyl (C=O) groups excluding carboxylic acids is 2. The summed E-state index contributed by atoms with van der Waals surface area (Å²) in [6.07, 6.45) is 2.91. The number of nitrogens with zero attached hydrogens (tertiary/aromatic N) is 2. The highest BCUT2D eigenvalue weighted by Crippen LogP contribution is 2.39. The molecule has 0 heterocycles. The molecule has 2 N–H and O–H groups in total. The third kappa shape index (κ3) is 6.78. The largest absolute Gasteiger partial charge is 0.493 e. The van der Waals surface area contributed by atoms with E-state index in [1.54, 1.807) is 24.3 Å². The van der Waals surface area contributed by atoms with Crippen LogP contribution in [0.1, 0.15) is 31.8 Å². The summed E-state index contributed by atoms with van der Waals surface area (Å²) in [6, 6.07) is 13.2. The second-order valence-corrected chi connectivity index (χ2v) is 7.86. The van der Waals surface area contributed by atoms with Gasteiger partial charge >= 0.3 is 0 Å². The number of hydrazone groups is 2. The van der Waals surface area contributed by atoms with E-state index in [-0.39, 0.29) is 11.1 Å². The van der Waals surface area contributed by atoms with E-state index in [4.69, 9.17) is 28.4 Å². The van der Waals surface area contributed by atoms with Gasteiger partial charge in [-0.1, -0.05) is 24.3 Å². The van der Waals surface area contributed by atoms with E-state index in [2.05, 4.69) is 21.1 Å². The predicted molar refractivity (Wildman–Crippen MR) is 149 cm³/mol. The van der Waals surface area contributed by atoms with Crippen molar-refractivity contribution in [2.24, 2.45) is 10.2 Å². The van der Waals surface area contributed by atoms with Gasteiger partial charge in [-0.25, -0.2) is 10.9 Å². The standard InChI is InChI=1S/C28H30N4O8/c1-35-21-11-19(12-22(36-2)25(21)39-5)27(33)31-29-15-17-9-7-8-10-18(17)16-30-32-28(34)20-13-23(37-3)26(40-6)24(14-20)38-4/h7-16H,1-6H3,(H,31,33)(H,32,34)/b29-15+,30-16+. The molecule has 0 bridgehead atoms. The van der Waals surface area contributed by atoms with Crippen LogP contribution in [0.5, 0.6) is 34.5 Å². The highest BCUT2D eigenvalue weighted by atomic mass is 16.5. The number of nitrogens with one attached hydrogen (secondary N) is 2. The van der Waals surface area contributed by atoms with E-state index < -0.39 is 11.8 Å². The van der Waals surface area contributed by atoms with Crippen LogP contribution in [0.4, 0.5) is 0 Å². The molecule has 0 fully saturated rings. The number of hydrogen-bond donors (Lipinski definition) is 2. The summed E-state index contributed by atoms with van der Waals surface area (Å²) in [7, 11) is 8.80. The minimum atomic E-state index is -0.487. The van der Waals surface area contributed by atoms with Crippen LogP contribution < -0.4 is 39.3 Å². The van der Waals surface area contributed by atoms with Crippen LogP contribution in [0, 0.1) is 0 Å². The van der Waals surface area contributed by atoms with Gasteiger partial charge in [-0.15, -0.1) is 0 Å². The summed E-state index contributed by atoms with van der Waals surface area (Å²) in [5, 5.41) is 8.10. The highest BCUT2D eigenvalue weighted by molar-refractivity contribution is 5.99. The first-order valence-electron chi connectivity index (χ1n) is 11.8. The first kappa shape index (κ1) is 29.3. The maximum absolute atomic E-state index is 12.7. The number of hydrogen-bond acceptors (Lipinski definition) is 10. The molecule has 0 unspecified atom stereocenters. The van der Waals surface area contributed by atoms with E-state index >= 15 is 0 Å². The Balaban J connectivity index is 1.72. The molecule has 40 heavy (non-hydrogen) atoms. The van der Waals surface area contributed by atoms with Gasteiger partial charge in [-0.3, -0.25) is 9.59 Å². The zero-order chi connectivity index (χ0) is 29.1. The van der Waals surface area contributed by atoms with Gasteiger partial charge in [0.25, 0.3) is 11.8 Å². The molecule has 12 nitrogen and oxygen atoms in total. The maximum atomic E-state index is 12.7. The van der Waals surface area contributed by atoms with Gasteiger partial charge in [0.05, 0.1) is 55.1 Å². The highest BCUT2D eigenvalue weighted by Gasteiger charge is 2.18. The molecule has 0 aliphatic carbocycles. The second-order valence-electron chi connectivity index (χ2n) is 7.86. The Morgan fingerprint density at radius 2 is 0.900 bits per heavy atom. The molecule has 0 radical (unpaired) electrons. The summed E-state index contributed by atoms with van der Waals surface area (Å²) in [5.74, 6) is 1.12. The average Bonchev–Trinajstić information content (AvgIpc) is 2.99. The van der Waals surface area contributed by atoms with Crippen LogP contribution >= 0.6 is 0 Å². The van der Waals surface area contributed by atoms with Crippen LogP contribution in [-0.4, -0.2) is 66.9 Å². The molecule has 0 saturated heterocycles. The summed E-state index contributed by atoms with van der Waals surface area (Å²) in [5.41, 5.74) is 6.74. The number of ether oxygens (including phenoxy) is 6. The zero-order valence-corrected chi connectivity index (χ0v) is 22.9. The Labute approximate surface area is 231 Å². The van der Waals surface area contributed by atoms with Crippen molar-refractivity contribution in [3.05, 3.63) is 70.8 Å². The fourth-order valence-electron chi connectivity index (χ4n) is 3.62. The average molecular weight is 551 g/mol. The van der Waals surface area contributed by atoms with Crippen molar-refractivity contribution in [1.29, 1.82) is 0 Å². The summed E-state index contributed by atoms with van der Waals surface area (Å²) < 4.78 is 31.7. The van der Waals surface area contributed by atoms with Crippen molar-refractivity contribution >= 4 is 24.2 Å². The summed E-state index contributed by atoms with van der Waals surface area (Å²) in [4.78, 5) is 25.4. The van der Waals surface area contributed by atoms with Crippen molar-refractivity contribution in [3.63, 3.8) is 0 Å². The predicted octanol–water partition coefficient (Wildman–Crippen LogP) is 3.27. The van der Waals surface area contributed by atoms with Gasteiger partial charge in [0.1, 0.15) is 0 Å². The van der Waals surface area contributed by atoms with E-state index in [9.17, 15) is 9.59 Å². The van der Waals surface area contributed by atoms with Crippen molar-refractivity contribution < 1.29 is 38.0 Å². The number of benzene rings is 3. The van der Waals surface area contributed by atoms with E-state index in [1.165, 1.54) is 79.4 Å². The molecular weight excluding hydrogens is 520 g/mol. The molecule has 12 heteroatoms. The quantitative estimate of drug-likeness (QED) is 0.259. The van der Waals surface area contributed by atoms with Gasteiger partial charge in [-0.05, 0) is 24.3 Å². The Morgan fingerprint density at radius 1 is 0.575 bits per heavy atom. The smallest absolute Gasteiger partial charge is 0.271 e. The molecule has 0 aliphatic heterocycles. The molecule has 0 spiro atoms. The lowest BCUT2D eigenvalue weighted by atomic mass is 10.1. The summed E-state index contributed by atoms with van der Waals surface area (Å²) >= 11 is 0. The van der Waals surface area contributed by atoms with Crippen molar-refractivity contribution in [3.8, 4) is 34.5 Å². The first-order chi connectivity index (χ1) is 19.4. The topological polar surface area (TPSA) is 138 Å². The third-order valence-electron chi connectivity index (χ3n) is 5.59. The molecule has 210 valence electrons. The van der Waals surface area contributed by atoms with Crippen molar-refractivity contribution in [2.45, 2.75) is 0 Å². The normalized spacial score (nSPS) is 10.8. The molecule has 0 aromatic heterocycles. The van der Waals surface area contributed by atoms with Crippen molar-refractivity contribution in [2.75, 3.05) is 42.7 Å². The monoisotopic (exact) mass is 550 g/mol. The van der Waals surface area contributed by atoms with Crippen LogP contribution in [0.3, 0.4) is 0 Å². The summed E-state index contributed by atoms with van der Waals surface area (Å²) in [6.45, 7) is 0. The van der Waals surface area contributed by atoms with Crippen LogP contribution in [-0.2, 0) is 0 Å². The van der Waals surface area contributed by atoms with Crippen molar-refractivity contribution in [1.82, 2.24) is 10.9 Å². The fraction of sp³-hybridized carbons (Fsp3) is 0.214. The van der Waals surface area contributed by atoms with Gasteiger partial charge in [0.2, 0.25) is 11.5 Å². The third-order valence-corrected chi connectivity index (χ3v) is 5.59. The van der Waals surface area contributed by atoms with E-state index in [0.29, 0.717) is 45.6 Å². The minimum Gasteiger partial charge on any atom is -0.493 e. The number of amides is 2. The Bertz CT molecular complexity index is 1260. The zero-order valence-electron chi connectivity index (χ0n) is 22.9. The maximum Gasteiger partial charge on any atom is 0.271 e. The lowest BCUT2D eigenvalue weighted by Crippen LogP contribution is -2.18. The van der Waals surface area contributed by atoms with E-state index in [1.807, 2.05) is 0 Å². The molecule has 0 aliphatic rings. The lowest BCUT2D eigenvalue weighted by molar-refractivity contribution is 0.0946. The van der Waals surface area contributed by atoms with Gasteiger partial charge in [0, 0.05) is 22.3 Å². The molecule has 0 atom stereocenters. The van der Waals surface area contributed by atoms with Gasteiger partial charge in [0.15, 0.2) is 23.0 Å². The minimum absolute atomic E-state index is 0.260. The fourth-order valence-corrected chi connectivity index (χ4v) is 3.62. The molecule has 0 saturated carbocycles. The van der Waals surface area contributed by atoms with Crippen LogP contribution in [0.2, 0.25) is 0 Å². The van der Waals surface area contributed by atoms with Crippen LogP contribution in [0.15, 0.2) is 58.7 Å². The Kier molecular flexibility index (Phi) is 10.3. The van der Waals surface area contributed by atoms with Crippen LogP contribution in [0.25, 0.3) is 0 Å². The number of carbonyl (C=O) groups is 2. The lowest BCUT2D eigenvalue weighted by Gasteiger charge is -2.13. The van der Waals surface area contributed by atoms with E-state index in [0.717, 1.165) is 0 Å². The molecule has 3 aromatic rings. The molecule has 2 amide bonds. The number of methoxy groups -OCH3 is 6. The SMILES string of the molecule is COc1cc(C(=O)N/N=C/c2ccccc2/C=N/NC(=O)c2cc(OC)c(OC)c(OC)c2)cc(OC)c1OC. The molecule has 3 rings (SSSR count). The Morgan fingerprint density at radius 3 is 1.18 bits per heavy atom. The van der Waals surface area contributed by atoms with Gasteiger partial charge < -0.3 is 28.4 Å². The first-order valence-corrected chi connectivity index (χ1v) is 11.8. The molecular formula is C28H30N4O8. The second kappa shape index (κ2) is 14.0. The van der Waals surface area contributed by atoms with Gasteiger partial charge in [-0.2, -0.15) is 10.2 Å². The Hall–Kier alpha value is -5.26. The number of rotatable bonds is 12.